The van der Waals surface area contributed by atoms with Crippen LogP contribution in [0.5, 0.6) is 0 Å². The van der Waals surface area contributed by atoms with E-state index in [1.165, 1.54) is 36.9 Å². The molecule has 0 aliphatic heterocycles. The molecule has 0 spiro atoms. The predicted octanol–water partition coefficient (Wildman–Crippen LogP) is 2.84. The van der Waals surface area contributed by atoms with Gasteiger partial charge in [0, 0.05) is 24.3 Å². The molecule has 1 fully saturated rings. The van der Waals surface area contributed by atoms with Crippen LogP contribution >= 0.6 is 0 Å². The van der Waals surface area contributed by atoms with E-state index in [1.807, 2.05) is 0 Å². The lowest BCUT2D eigenvalue weighted by atomic mass is 10.0. The third-order valence-electron chi connectivity index (χ3n) is 4.19. The summed E-state index contributed by atoms with van der Waals surface area (Å²) in [5.41, 5.74) is 8.67. The molecule has 1 aromatic carbocycles. The summed E-state index contributed by atoms with van der Waals surface area (Å²) >= 11 is 0. The van der Waals surface area contributed by atoms with Crippen molar-refractivity contribution in [3.05, 3.63) is 29.8 Å². The van der Waals surface area contributed by atoms with E-state index in [-0.39, 0.29) is 12.6 Å². The molecule has 0 heterocycles. The van der Waals surface area contributed by atoms with Gasteiger partial charge in [0.2, 0.25) is 0 Å². The van der Waals surface area contributed by atoms with Crippen molar-refractivity contribution in [2.24, 2.45) is 5.73 Å². The Hall–Kier alpha value is -1.06. The van der Waals surface area contributed by atoms with Gasteiger partial charge < -0.3 is 15.7 Å². The number of hydrogen-bond donors (Lipinski definition) is 2. The Kier molecular flexibility index (Phi) is 5.23. The second-order valence-electron chi connectivity index (χ2n) is 5.43. The van der Waals surface area contributed by atoms with Crippen molar-refractivity contribution in [2.45, 2.75) is 51.1 Å². The Labute approximate surface area is 116 Å². The van der Waals surface area contributed by atoms with Crippen molar-refractivity contribution in [1.82, 2.24) is 0 Å². The molecule has 3 nitrogen and oxygen atoms in total. The van der Waals surface area contributed by atoms with Gasteiger partial charge in [0.15, 0.2) is 0 Å². The highest BCUT2D eigenvalue weighted by molar-refractivity contribution is 5.56. The minimum absolute atomic E-state index is 0.0822. The van der Waals surface area contributed by atoms with E-state index in [9.17, 15) is 5.11 Å². The molecule has 1 atom stereocenters. The van der Waals surface area contributed by atoms with Crippen LogP contribution in [0, 0.1) is 0 Å². The van der Waals surface area contributed by atoms with E-state index < -0.39 is 0 Å². The molecule has 2 rings (SSSR count). The molecule has 1 aliphatic carbocycles. The van der Waals surface area contributed by atoms with Crippen molar-refractivity contribution < 1.29 is 5.11 Å². The van der Waals surface area contributed by atoms with Crippen LogP contribution in [0.3, 0.4) is 0 Å². The van der Waals surface area contributed by atoms with E-state index >= 15 is 0 Å². The zero-order chi connectivity index (χ0) is 13.7. The van der Waals surface area contributed by atoms with E-state index in [1.54, 1.807) is 0 Å². The maximum absolute atomic E-state index is 9.37. The van der Waals surface area contributed by atoms with Crippen molar-refractivity contribution in [3.63, 3.8) is 0 Å². The molecular weight excluding hydrogens is 236 g/mol. The van der Waals surface area contributed by atoms with Gasteiger partial charge in [-0.25, -0.2) is 0 Å². The van der Waals surface area contributed by atoms with Crippen LogP contribution in [0.1, 0.15) is 50.6 Å². The van der Waals surface area contributed by atoms with Gasteiger partial charge in [-0.05, 0) is 30.9 Å². The maximum atomic E-state index is 9.37. The van der Waals surface area contributed by atoms with Crippen LogP contribution in [0.4, 0.5) is 5.69 Å². The fourth-order valence-corrected chi connectivity index (χ4v) is 3.11. The topological polar surface area (TPSA) is 49.5 Å². The van der Waals surface area contributed by atoms with Crippen LogP contribution in [-0.4, -0.2) is 24.3 Å². The number of aliphatic hydroxyl groups excluding tert-OH is 1. The molecule has 0 saturated heterocycles. The first kappa shape index (κ1) is 14.4. The first-order valence-electron chi connectivity index (χ1n) is 7.50. The molecule has 3 N–H and O–H groups in total. The standard InChI is InChI=1S/C16H26N2O/c1-2-15(17)14-9-5-6-10-16(14)18(11-12-19)13-7-3-4-8-13/h5-6,9-10,13,15,19H,2-4,7-8,11-12,17H2,1H3/t15-/m1/s1. The number of aliphatic hydroxyl groups is 1. The second-order valence-corrected chi connectivity index (χ2v) is 5.43. The summed E-state index contributed by atoms with van der Waals surface area (Å²) < 4.78 is 0. The highest BCUT2D eigenvalue weighted by Gasteiger charge is 2.24. The van der Waals surface area contributed by atoms with Gasteiger partial charge in [0.25, 0.3) is 0 Å². The zero-order valence-corrected chi connectivity index (χ0v) is 11.9. The third kappa shape index (κ3) is 3.28. The largest absolute Gasteiger partial charge is 0.395 e. The normalized spacial score (nSPS) is 17.6. The molecule has 0 aromatic heterocycles. The van der Waals surface area contributed by atoms with E-state index in [2.05, 4.69) is 36.1 Å². The minimum Gasteiger partial charge on any atom is -0.395 e. The lowest BCUT2D eigenvalue weighted by Gasteiger charge is -2.33. The van der Waals surface area contributed by atoms with Crippen molar-refractivity contribution in [1.29, 1.82) is 0 Å². The quantitative estimate of drug-likeness (QED) is 0.829. The lowest BCUT2D eigenvalue weighted by Crippen LogP contribution is -2.36. The van der Waals surface area contributed by atoms with E-state index in [0.717, 1.165) is 6.42 Å². The maximum Gasteiger partial charge on any atom is 0.0606 e. The molecule has 106 valence electrons. The molecular formula is C16H26N2O. The van der Waals surface area contributed by atoms with Crippen molar-refractivity contribution in [3.8, 4) is 0 Å². The summed E-state index contributed by atoms with van der Waals surface area (Å²) in [7, 11) is 0. The molecule has 1 saturated carbocycles. The van der Waals surface area contributed by atoms with Gasteiger partial charge >= 0.3 is 0 Å². The molecule has 3 heteroatoms. The number of rotatable bonds is 6. The van der Waals surface area contributed by atoms with Gasteiger partial charge in [-0.15, -0.1) is 0 Å². The first-order chi connectivity index (χ1) is 9.27. The molecule has 1 aliphatic rings. The Bertz CT molecular complexity index is 388. The molecule has 0 unspecified atom stereocenters. The fourth-order valence-electron chi connectivity index (χ4n) is 3.11. The number of nitrogens with two attached hydrogens (primary N) is 1. The number of hydrogen-bond acceptors (Lipinski definition) is 3. The molecule has 19 heavy (non-hydrogen) atoms. The summed E-state index contributed by atoms with van der Waals surface area (Å²) in [5.74, 6) is 0. The number of anilines is 1. The van der Waals surface area contributed by atoms with Crippen LogP contribution in [0.25, 0.3) is 0 Å². The van der Waals surface area contributed by atoms with Gasteiger partial charge in [0.05, 0.1) is 6.61 Å². The van der Waals surface area contributed by atoms with Gasteiger partial charge in [0.1, 0.15) is 0 Å². The first-order valence-corrected chi connectivity index (χ1v) is 7.50. The Morgan fingerprint density at radius 2 is 2.00 bits per heavy atom. The minimum atomic E-state index is 0.0822. The summed E-state index contributed by atoms with van der Waals surface area (Å²) in [6.07, 6.45) is 6.00. The average molecular weight is 262 g/mol. The van der Waals surface area contributed by atoms with Crippen molar-refractivity contribution in [2.75, 3.05) is 18.1 Å². The number of benzene rings is 1. The van der Waals surface area contributed by atoms with Gasteiger partial charge in [-0.1, -0.05) is 38.0 Å². The molecule has 0 radical (unpaired) electrons. The second kappa shape index (κ2) is 6.92. The monoisotopic (exact) mass is 262 g/mol. The SMILES string of the molecule is CC[C@@H](N)c1ccccc1N(CCO)C1CCCC1. The molecule has 0 amide bonds. The predicted molar refractivity (Wildman–Crippen MR) is 80.3 cm³/mol. The van der Waals surface area contributed by atoms with Crippen LogP contribution in [0.15, 0.2) is 24.3 Å². The number of nitrogens with zero attached hydrogens (tertiary/aromatic N) is 1. The Balaban J connectivity index is 2.29. The summed E-state index contributed by atoms with van der Waals surface area (Å²) in [6, 6.07) is 9.05. The smallest absolute Gasteiger partial charge is 0.0606 e. The fraction of sp³-hybridized carbons (Fsp3) is 0.625. The van der Waals surface area contributed by atoms with Gasteiger partial charge in [-0.2, -0.15) is 0 Å². The van der Waals surface area contributed by atoms with Crippen LogP contribution < -0.4 is 10.6 Å². The Morgan fingerprint density at radius 3 is 2.63 bits per heavy atom. The highest BCUT2D eigenvalue weighted by Crippen LogP contribution is 2.32. The summed E-state index contributed by atoms with van der Waals surface area (Å²) in [6.45, 7) is 3.03. The number of para-hydroxylation sites is 1. The lowest BCUT2D eigenvalue weighted by molar-refractivity contribution is 0.297. The van der Waals surface area contributed by atoms with E-state index in [0.29, 0.717) is 12.6 Å². The Morgan fingerprint density at radius 1 is 1.32 bits per heavy atom. The average Bonchev–Trinajstić information content (AvgIpc) is 2.98. The van der Waals surface area contributed by atoms with Crippen LogP contribution in [0.2, 0.25) is 0 Å². The summed E-state index contributed by atoms with van der Waals surface area (Å²) in [5, 5.41) is 9.37. The molecule has 0 bridgehead atoms. The summed E-state index contributed by atoms with van der Waals surface area (Å²) in [4.78, 5) is 2.37. The highest BCUT2D eigenvalue weighted by atomic mass is 16.3. The van der Waals surface area contributed by atoms with Gasteiger partial charge in [-0.3, -0.25) is 0 Å². The third-order valence-corrected chi connectivity index (χ3v) is 4.19. The van der Waals surface area contributed by atoms with Crippen molar-refractivity contribution >= 4 is 5.69 Å². The van der Waals surface area contributed by atoms with E-state index in [4.69, 9.17) is 5.73 Å². The zero-order valence-electron chi connectivity index (χ0n) is 11.9. The van der Waals surface area contributed by atoms with Crippen LogP contribution in [-0.2, 0) is 0 Å². The molecule has 1 aromatic rings.